The summed E-state index contributed by atoms with van der Waals surface area (Å²) in [4.78, 5) is 11.6. The van der Waals surface area contributed by atoms with E-state index in [1.165, 1.54) is 0 Å². The summed E-state index contributed by atoms with van der Waals surface area (Å²) < 4.78 is 12.4. The number of fused-ring (bicyclic) bond motifs is 3. The average molecular weight is 372 g/mol. The van der Waals surface area contributed by atoms with Gasteiger partial charge in [-0.25, -0.2) is 9.97 Å². The van der Waals surface area contributed by atoms with E-state index in [0.717, 1.165) is 77.6 Å². The molecule has 138 valence electrons. The summed E-state index contributed by atoms with van der Waals surface area (Å²) >= 11 is 1.72. The molecule has 1 aromatic carbocycles. The molecule has 0 spiro atoms. The van der Waals surface area contributed by atoms with Crippen LogP contribution in [0.3, 0.4) is 0 Å². The molecule has 4 rings (SSSR count). The van der Waals surface area contributed by atoms with Crippen LogP contribution in [0.5, 0.6) is 5.75 Å². The van der Waals surface area contributed by atoms with Crippen LogP contribution in [-0.2, 0) is 11.2 Å². The van der Waals surface area contributed by atoms with E-state index in [-0.39, 0.29) is 0 Å². The number of morpholine rings is 1. The van der Waals surface area contributed by atoms with Crippen molar-refractivity contribution in [1.29, 1.82) is 0 Å². The minimum absolute atomic E-state index is 0.497. The maximum absolute atomic E-state index is 6.15. The molecule has 0 unspecified atom stereocenters. The molecule has 1 aliphatic heterocycles. The summed E-state index contributed by atoms with van der Waals surface area (Å²) in [5.41, 5.74) is 7.85. The van der Waals surface area contributed by atoms with Crippen LogP contribution in [0.2, 0.25) is 0 Å². The van der Waals surface area contributed by atoms with Gasteiger partial charge in [0, 0.05) is 31.1 Å². The van der Waals surface area contributed by atoms with E-state index < -0.39 is 0 Å². The van der Waals surface area contributed by atoms with Crippen LogP contribution in [0.25, 0.3) is 21.1 Å². The van der Waals surface area contributed by atoms with E-state index >= 15 is 0 Å². The number of anilines is 1. The smallest absolute Gasteiger partial charge is 0.151 e. The highest BCUT2D eigenvalue weighted by Gasteiger charge is 2.13. The number of thiazole rings is 1. The highest BCUT2D eigenvalue weighted by Crippen LogP contribution is 2.34. The lowest BCUT2D eigenvalue weighted by Gasteiger charge is -2.26. The summed E-state index contributed by atoms with van der Waals surface area (Å²) in [7, 11) is 0. The van der Waals surface area contributed by atoms with Crippen LogP contribution in [0.1, 0.15) is 18.4 Å². The molecule has 2 N–H and O–H groups in total. The number of nitrogens with zero attached hydrogens (tertiary/aromatic N) is 3. The number of hydrogen-bond donors (Lipinski definition) is 1. The fourth-order valence-corrected chi connectivity index (χ4v) is 4.44. The van der Waals surface area contributed by atoms with Gasteiger partial charge in [-0.2, -0.15) is 0 Å². The minimum Gasteiger partial charge on any atom is -0.492 e. The number of ether oxygens (including phenoxy) is 2. The first-order valence-electron chi connectivity index (χ1n) is 9.16. The Morgan fingerprint density at radius 3 is 2.92 bits per heavy atom. The minimum atomic E-state index is 0.497. The molecular weight excluding hydrogens is 348 g/mol. The number of aromatic nitrogens is 2. The van der Waals surface area contributed by atoms with Crippen molar-refractivity contribution in [2.75, 3.05) is 45.2 Å². The van der Waals surface area contributed by atoms with Crippen LogP contribution in [0.15, 0.2) is 18.2 Å². The van der Waals surface area contributed by atoms with Crippen molar-refractivity contribution in [1.82, 2.24) is 14.9 Å². The zero-order valence-corrected chi connectivity index (χ0v) is 15.8. The third kappa shape index (κ3) is 3.60. The van der Waals surface area contributed by atoms with E-state index in [1.807, 2.05) is 12.1 Å². The molecule has 1 saturated heterocycles. The fraction of sp³-hybridized carbons (Fsp3) is 0.474. The molecule has 1 fully saturated rings. The summed E-state index contributed by atoms with van der Waals surface area (Å²) in [6.45, 7) is 7.29. The van der Waals surface area contributed by atoms with Crippen molar-refractivity contribution < 1.29 is 9.47 Å². The zero-order valence-electron chi connectivity index (χ0n) is 15.0. The van der Waals surface area contributed by atoms with Gasteiger partial charge in [0.1, 0.15) is 17.9 Å². The van der Waals surface area contributed by atoms with E-state index in [0.29, 0.717) is 12.4 Å². The van der Waals surface area contributed by atoms with Crippen LogP contribution in [0, 0.1) is 0 Å². The first kappa shape index (κ1) is 17.5. The lowest BCUT2D eigenvalue weighted by molar-refractivity contribution is 0.0322. The first-order chi connectivity index (χ1) is 12.7. The van der Waals surface area contributed by atoms with Crippen molar-refractivity contribution in [3.8, 4) is 5.75 Å². The average Bonchev–Trinajstić information content (AvgIpc) is 3.08. The quantitative estimate of drug-likeness (QED) is 0.717. The number of nitrogens with two attached hydrogens (primary N) is 1. The van der Waals surface area contributed by atoms with E-state index in [1.54, 1.807) is 11.3 Å². The van der Waals surface area contributed by atoms with E-state index in [4.69, 9.17) is 15.2 Å². The molecule has 7 heteroatoms. The summed E-state index contributed by atoms with van der Waals surface area (Å²) in [6, 6.07) is 6.06. The number of pyridine rings is 1. The third-order valence-electron chi connectivity index (χ3n) is 4.61. The van der Waals surface area contributed by atoms with Gasteiger partial charge in [-0.05, 0) is 25.0 Å². The second-order valence-electron chi connectivity index (χ2n) is 6.51. The van der Waals surface area contributed by atoms with Crippen molar-refractivity contribution in [3.63, 3.8) is 0 Å². The molecule has 0 saturated carbocycles. The molecular formula is C19H24N4O2S. The Morgan fingerprint density at radius 2 is 2.12 bits per heavy atom. The number of benzene rings is 1. The van der Waals surface area contributed by atoms with Crippen LogP contribution >= 0.6 is 11.3 Å². The topological polar surface area (TPSA) is 73.5 Å². The Morgan fingerprint density at radius 1 is 1.27 bits per heavy atom. The van der Waals surface area contributed by atoms with Gasteiger partial charge in [0.05, 0.1) is 28.4 Å². The van der Waals surface area contributed by atoms with Gasteiger partial charge in [-0.3, -0.25) is 4.90 Å². The third-order valence-corrected chi connectivity index (χ3v) is 5.76. The van der Waals surface area contributed by atoms with Crippen molar-refractivity contribution in [2.24, 2.45) is 0 Å². The Kier molecular flexibility index (Phi) is 5.19. The van der Waals surface area contributed by atoms with Gasteiger partial charge < -0.3 is 15.2 Å². The molecule has 2 aromatic heterocycles. The maximum Gasteiger partial charge on any atom is 0.151 e. The summed E-state index contributed by atoms with van der Waals surface area (Å²) in [5, 5.41) is 2.21. The van der Waals surface area contributed by atoms with Crippen molar-refractivity contribution >= 4 is 38.3 Å². The molecule has 26 heavy (non-hydrogen) atoms. The van der Waals surface area contributed by atoms with Gasteiger partial charge in [0.15, 0.2) is 5.82 Å². The Bertz CT molecular complexity index is 905. The largest absolute Gasteiger partial charge is 0.492 e. The molecule has 0 amide bonds. The molecule has 0 aliphatic carbocycles. The normalized spacial score (nSPS) is 15.7. The van der Waals surface area contributed by atoms with E-state index in [9.17, 15) is 0 Å². The molecule has 0 atom stereocenters. The predicted molar refractivity (Wildman–Crippen MR) is 106 cm³/mol. The van der Waals surface area contributed by atoms with Gasteiger partial charge in [0.25, 0.3) is 0 Å². The summed E-state index contributed by atoms with van der Waals surface area (Å²) in [6.07, 6.45) is 2.05. The van der Waals surface area contributed by atoms with Gasteiger partial charge >= 0.3 is 0 Å². The number of nitrogen functional groups attached to an aromatic ring is 1. The van der Waals surface area contributed by atoms with Crippen LogP contribution in [0.4, 0.5) is 5.82 Å². The Hall–Kier alpha value is -1.96. The zero-order chi connectivity index (χ0) is 17.9. The SMILES string of the molecule is CCCc1nc2c(N)nc3cc(OCCN4CCOCC4)ccc3c2s1. The molecule has 3 aromatic rings. The lowest BCUT2D eigenvalue weighted by atomic mass is 10.2. The molecule has 3 heterocycles. The molecule has 0 radical (unpaired) electrons. The maximum atomic E-state index is 6.15. The Labute approximate surface area is 156 Å². The highest BCUT2D eigenvalue weighted by atomic mass is 32.1. The second kappa shape index (κ2) is 7.73. The van der Waals surface area contributed by atoms with Gasteiger partial charge in [-0.1, -0.05) is 6.92 Å². The molecule has 6 nitrogen and oxygen atoms in total. The predicted octanol–water partition coefficient (Wildman–Crippen LogP) is 3.09. The number of aryl methyl sites for hydroxylation is 1. The monoisotopic (exact) mass is 372 g/mol. The first-order valence-corrected chi connectivity index (χ1v) is 9.98. The Balaban J connectivity index is 1.53. The standard InChI is InChI=1S/C19H24N4O2S/c1-2-3-16-22-17-18(26-16)14-5-4-13(12-15(14)21-19(17)20)25-11-8-23-6-9-24-10-7-23/h4-5,12H,2-3,6-11H2,1H3,(H2,20,21). The fourth-order valence-electron chi connectivity index (χ4n) is 3.23. The second-order valence-corrected chi connectivity index (χ2v) is 7.60. The summed E-state index contributed by atoms with van der Waals surface area (Å²) in [5.74, 6) is 1.33. The van der Waals surface area contributed by atoms with Gasteiger partial charge in [-0.15, -0.1) is 11.3 Å². The van der Waals surface area contributed by atoms with E-state index in [2.05, 4.69) is 27.9 Å². The van der Waals surface area contributed by atoms with Gasteiger partial charge in [0.2, 0.25) is 0 Å². The lowest BCUT2D eigenvalue weighted by Crippen LogP contribution is -2.38. The van der Waals surface area contributed by atoms with Crippen LogP contribution < -0.4 is 10.5 Å². The van der Waals surface area contributed by atoms with Crippen LogP contribution in [-0.4, -0.2) is 54.3 Å². The highest BCUT2D eigenvalue weighted by molar-refractivity contribution is 7.19. The molecule has 0 bridgehead atoms. The van der Waals surface area contributed by atoms with Crippen molar-refractivity contribution in [2.45, 2.75) is 19.8 Å². The number of hydrogen-bond acceptors (Lipinski definition) is 7. The molecule has 1 aliphatic rings. The van der Waals surface area contributed by atoms with Crippen molar-refractivity contribution in [3.05, 3.63) is 23.2 Å². The number of rotatable bonds is 6.